The Kier molecular flexibility index (Phi) is 4.15. The molecule has 20 heavy (non-hydrogen) atoms. The van der Waals surface area contributed by atoms with Crippen LogP contribution >= 0.6 is 15.9 Å². The van der Waals surface area contributed by atoms with Gasteiger partial charge in [0.25, 0.3) is 5.91 Å². The van der Waals surface area contributed by atoms with Crippen LogP contribution in [0.2, 0.25) is 0 Å². The summed E-state index contributed by atoms with van der Waals surface area (Å²) in [4.78, 5) is 21.7. The van der Waals surface area contributed by atoms with Gasteiger partial charge >= 0.3 is 0 Å². The molecule has 6 heteroatoms. The third-order valence-electron chi connectivity index (χ3n) is 3.43. The molecule has 0 aliphatic rings. The number of imidazole rings is 1. The number of fused-ring (bicyclic) bond motifs is 1. The van der Waals surface area contributed by atoms with Gasteiger partial charge in [-0.3, -0.25) is 4.79 Å². The molecule has 0 saturated heterocycles. The highest BCUT2D eigenvalue weighted by Crippen LogP contribution is 2.25. The highest BCUT2D eigenvalue weighted by molar-refractivity contribution is 9.10. The lowest BCUT2D eigenvalue weighted by molar-refractivity contribution is 0.0368. The lowest BCUT2D eigenvalue weighted by Gasteiger charge is -2.35. The van der Waals surface area contributed by atoms with Crippen molar-refractivity contribution in [1.82, 2.24) is 14.9 Å². The summed E-state index contributed by atoms with van der Waals surface area (Å²) >= 11 is 3.42. The van der Waals surface area contributed by atoms with E-state index < -0.39 is 5.54 Å². The molecular weight excluding hydrogens is 322 g/mol. The normalized spacial score (nSPS) is 11.8. The zero-order valence-corrected chi connectivity index (χ0v) is 13.6. The first kappa shape index (κ1) is 15.0. The number of ether oxygens (including phenoxy) is 1. The number of benzene rings is 1. The first-order valence-corrected chi connectivity index (χ1v) is 7.06. The van der Waals surface area contributed by atoms with Crippen LogP contribution in [-0.4, -0.2) is 47.1 Å². The smallest absolute Gasteiger partial charge is 0.256 e. The largest absolute Gasteiger partial charge is 0.382 e. The van der Waals surface area contributed by atoms with E-state index in [9.17, 15) is 4.79 Å². The Labute approximate surface area is 126 Å². The Bertz CT molecular complexity index is 636. The summed E-state index contributed by atoms with van der Waals surface area (Å²) in [6, 6.07) is 3.70. The van der Waals surface area contributed by atoms with Crippen LogP contribution in [0.15, 0.2) is 22.9 Å². The molecule has 1 aromatic heterocycles. The molecule has 5 nitrogen and oxygen atoms in total. The Hall–Kier alpha value is -1.40. The van der Waals surface area contributed by atoms with Crippen LogP contribution in [0.25, 0.3) is 11.0 Å². The molecule has 1 heterocycles. The fourth-order valence-electron chi connectivity index (χ4n) is 2.08. The zero-order valence-electron chi connectivity index (χ0n) is 12.0. The van der Waals surface area contributed by atoms with Gasteiger partial charge in [-0.2, -0.15) is 0 Å². The Balaban J connectivity index is 2.43. The summed E-state index contributed by atoms with van der Waals surface area (Å²) in [6.45, 7) is 4.40. The molecule has 0 aliphatic heterocycles. The molecule has 2 rings (SSSR count). The minimum absolute atomic E-state index is 0.0783. The van der Waals surface area contributed by atoms with Crippen LogP contribution in [0.4, 0.5) is 0 Å². The molecule has 108 valence electrons. The number of halogens is 1. The Morgan fingerprint density at radius 1 is 1.50 bits per heavy atom. The van der Waals surface area contributed by atoms with Gasteiger partial charge < -0.3 is 14.6 Å². The number of carbonyl (C=O) groups excluding carboxylic acids is 1. The van der Waals surface area contributed by atoms with E-state index in [4.69, 9.17) is 4.74 Å². The molecule has 0 radical (unpaired) electrons. The van der Waals surface area contributed by atoms with Crippen molar-refractivity contribution in [3.8, 4) is 0 Å². The zero-order chi connectivity index (χ0) is 14.9. The van der Waals surface area contributed by atoms with E-state index in [1.54, 1.807) is 31.5 Å². The molecule has 0 atom stereocenters. The molecule has 0 spiro atoms. The maximum atomic E-state index is 12.7. The summed E-state index contributed by atoms with van der Waals surface area (Å²) < 4.78 is 6.03. The number of nitrogens with zero attached hydrogens (tertiary/aromatic N) is 2. The number of rotatable bonds is 4. The van der Waals surface area contributed by atoms with Crippen molar-refractivity contribution in [2.45, 2.75) is 19.4 Å². The van der Waals surface area contributed by atoms with Gasteiger partial charge in [0.05, 0.1) is 29.6 Å². The average Bonchev–Trinajstić information content (AvgIpc) is 2.83. The molecule has 1 N–H and O–H groups in total. The van der Waals surface area contributed by atoms with E-state index in [0.717, 1.165) is 9.99 Å². The summed E-state index contributed by atoms with van der Waals surface area (Å²) in [5, 5.41) is 0. The van der Waals surface area contributed by atoms with Crippen molar-refractivity contribution in [3.05, 3.63) is 28.5 Å². The van der Waals surface area contributed by atoms with Crippen LogP contribution in [0, 0.1) is 0 Å². The van der Waals surface area contributed by atoms with Gasteiger partial charge in [0.1, 0.15) is 5.52 Å². The second-order valence-electron chi connectivity index (χ2n) is 5.36. The van der Waals surface area contributed by atoms with Crippen LogP contribution in [0.3, 0.4) is 0 Å². The van der Waals surface area contributed by atoms with E-state index in [1.165, 1.54) is 0 Å². The van der Waals surface area contributed by atoms with E-state index in [2.05, 4.69) is 25.9 Å². The standard InChI is InChI=1S/C14H18BrN3O2/c1-14(2,7-20-4)18(3)13(19)10-5-9(15)6-11-12(10)17-8-16-11/h5-6,8H,7H2,1-4H3,(H,16,17). The van der Waals surface area contributed by atoms with Crippen LogP contribution in [0.5, 0.6) is 0 Å². The lowest BCUT2D eigenvalue weighted by atomic mass is 10.0. The summed E-state index contributed by atoms with van der Waals surface area (Å²) in [5.74, 6) is -0.0783. The second-order valence-corrected chi connectivity index (χ2v) is 6.28. The minimum Gasteiger partial charge on any atom is -0.382 e. The van der Waals surface area contributed by atoms with E-state index in [1.807, 2.05) is 19.9 Å². The number of amides is 1. The lowest BCUT2D eigenvalue weighted by Crippen LogP contribution is -2.48. The molecule has 0 fully saturated rings. The average molecular weight is 340 g/mol. The number of likely N-dealkylation sites (N-methyl/N-ethyl adjacent to an activating group) is 1. The van der Waals surface area contributed by atoms with Crippen molar-refractivity contribution in [2.24, 2.45) is 0 Å². The molecular formula is C14H18BrN3O2. The third-order valence-corrected chi connectivity index (χ3v) is 3.89. The molecule has 1 aromatic carbocycles. The van der Waals surface area contributed by atoms with Crippen molar-refractivity contribution in [1.29, 1.82) is 0 Å². The number of aromatic nitrogens is 2. The SMILES string of the molecule is COCC(C)(C)N(C)C(=O)c1cc(Br)cc2[nH]cnc12. The van der Waals surface area contributed by atoms with Crippen LogP contribution < -0.4 is 0 Å². The molecule has 1 amide bonds. The molecule has 0 bridgehead atoms. The highest BCUT2D eigenvalue weighted by Gasteiger charge is 2.29. The fraction of sp³-hybridized carbons (Fsp3) is 0.429. The first-order valence-electron chi connectivity index (χ1n) is 6.26. The second kappa shape index (κ2) is 5.54. The van der Waals surface area contributed by atoms with Crippen molar-refractivity contribution in [2.75, 3.05) is 20.8 Å². The number of nitrogens with one attached hydrogen (secondary N) is 1. The molecule has 0 saturated carbocycles. The summed E-state index contributed by atoms with van der Waals surface area (Å²) in [6.07, 6.45) is 1.59. The number of aromatic amines is 1. The minimum atomic E-state index is -0.392. The Morgan fingerprint density at radius 3 is 2.85 bits per heavy atom. The highest BCUT2D eigenvalue weighted by atomic mass is 79.9. The van der Waals surface area contributed by atoms with Crippen LogP contribution in [0.1, 0.15) is 24.2 Å². The van der Waals surface area contributed by atoms with Gasteiger partial charge in [-0.1, -0.05) is 15.9 Å². The number of methoxy groups -OCH3 is 1. The quantitative estimate of drug-likeness (QED) is 0.931. The first-order chi connectivity index (χ1) is 9.36. The fourth-order valence-corrected chi connectivity index (χ4v) is 2.54. The van der Waals surface area contributed by atoms with Crippen molar-refractivity contribution >= 4 is 32.9 Å². The predicted octanol–water partition coefficient (Wildman–Crippen LogP) is 2.82. The molecule has 0 unspecified atom stereocenters. The maximum Gasteiger partial charge on any atom is 0.256 e. The number of hydrogen-bond acceptors (Lipinski definition) is 3. The van der Waals surface area contributed by atoms with Crippen molar-refractivity contribution < 1.29 is 9.53 Å². The summed E-state index contributed by atoms with van der Waals surface area (Å²) in [7, 11) is 3.41. The number of H-pyrrole nitrogens is 1. The third kappa shape index (κ3) is 2.71. The predicted molar refractivity (Wildman–Crippen MR) is 81.8 cm³/mol. The van der Waals surface area contributed by atoms with E-state index >= 15 is 0 Å². The van der Waals surface area contributed by atoms with E-state index in [-0.39, 0.29) is 5.91 Å². The van der Waals surface area contributed by atoms with Gasteiger partial charge in [0, 0.05) is 18.6 Å². The summed E-state index contributed by atoms with van der Waals surface area (Å²) in [5.41, 5.74) is 1.69. The van der Waals surface area contributed by atoms with Gasteiger partial charge in [0.15, 0.2) is 0 Å². The topological polar surface area (TPSA) is 58.2 Å². The number of carbonyl (C=O) groups is 1. The Morgan fingerprint density at radius 2 is 2.20 bits per heavy atom. The monoisotopic (exact) mass is 339 g/mol. The molecule has 0 aliphatic carbocycles. The van der Waals surface area contributed by atoms with Gasteiger partial charge in [0.2, 0.25) is 0 Å². The number of hydrogen-bond donors (Lipinski definition) is 1. The maximum absolute atomic E-state index is 12.7. The van der Waals surface area contributed by atoms with Gasteiger partial charge in [-0.25, -0.2) is 4.98 Å². The van der Waals surface area contributed by atoms with Gasteiger partial charge in [-0.05, 0) is 26.0 Å². The van der Waals surface area contributed by atoms with E-state index in [0.29, 0.717) is 17.7 Å². The van der Waals surface area contributed by atoms with Crippen molar-refractivity contribution in [3.63, 3.8) is 0 Å². The molecule has 2 aromatic rings. The van der Waals surface area contributed by atoms with Gasteiger partial charge in [-0.15, -0.1) is 0 Å². The van der Waals surface area contributed by atoms with Crippen LogP contribution in [-0.2, 0) is 4.74 Å².